The van der Waals surface area contributed by atoms with Crippen molar-refractivity contribution in [2.75, 3.05) is 59.5 Å². The Hall–Kier alpha value is -2.50. The van der Waals surface area contributed by atoms with Gasteiger partial charge < -0.3 is 38.3 Å². The zero-order chi connectivity index (χ0) is 30.8. The number of carbonyl (C=O) groups is 2. The Morgan fingerprint density at radius 1 is 0.881 bits per heavy atom. The molecule has 1 fully saturated rings. The van der Waals surface area contributed by atoms with E-state index in [2.05, 4.69) is 0 Å². The summed E-state index contributed by atoms with van der Waals surface area (Å²) in [5.41, 5.74) is 2.63. The van der Waals surface area contributed by atoms with Crippen LogP contribution >= 0.6 is 0 Å². The summed E-state index contributed by atoms with van der Waals surface area (Å²) in [6, 6.07) is 4.04. The summed E-state index contributed by atoms with van der Waals surface area (Å²) in [6.07, 6.45) is 2.45. The molecule has 0 bridgehead atoms. The Labute approximate surface area is 249 Å². The summed E-state index contributed by atoms with van der Waals surface area (Å²) in [7, 11) is 0. The minimum atomic E-state index is -0.958. The van der Waals surface area contributed by atoms with Crippen LogP contribution in [0.3, 0.4) is 0 Å². The van der Waals surface area contributed by atoms with Crippen LogP contribution in [0.2, 0.25) is 0 Å². The van der Waals surface area contributed by atoms with Crippen molar-refractivity contribution in [1.82, 2.24) is 0 Å². The highest BCUT2D eigenvalue weighted by molar-refractivity contribution is 6.20. The van der Waals surface area contributed by atoms with Crippen LogP contribution in [0.15, 0.2) is 17.9 Å². The monoisotopic (exact) mass is 592 g/mol. The Morgan fingerprint density at radius 3 is 1.90 bits per heavy atom. The quantitative estimate of drug-likeness (QED) is 0.216. The number of esters is 2. The Kier molecular flexibility index (Phi) is 12.8. The number of hydrogen-bond acceptors (Lipinski definition) is 10. The van der Waals surface area contributed by atoms with E-state index in [0.29, 0.717) is 84.1 Å². The molecule has 1 N–H and O–H groups in total. The van der Waals surface area contributed by atoms with Gasteiger partial charge in [-0.25, -0.2) is 9.59 Å². The van der Waals surface area contributed by atoms with Gasteiger partial charge in [0.25, 0.3) is 0 Å². The lowest BCUT2D eigenvalue weighted by Gasteiger charge is -2.35. The van der Waals surface area contributed by atoms with E-state index < -0.39 is 23.1 Å². The number of benzene rings is 1. The summed E-state index contributed by atoms with van der Waals surface area (Å²) < 4.78 is 38.7. The van der Waals surface area contributed by atoms with E-state index in [1.165, 1.54) is 0 Å². The average Bonchev–Trinajstić information content (AvgIpc) is 3.12. The standard InChI is InChI=1S/C32H48O10/c1-22-19-23(2)27(24(3)20-22)28-29(34)32(42-30(28)35)9-7-25(8-10-32)40-18-17-38-14-13-36-11-12-37-15-16-39-21-26(33)41-31(4,5)6/h19-20,25,34H,7-18,21H2,1-6H3. The predicted molar refractivity (Wildman–Crippen MR) is 156 cm³/mol. The van der Waals surface area contributed by atoms with Gasteiger partial charge in [-0.3, -0.25) is 0 Å². The van der Waals surface area contributed by atoms with Gasteiger partial charge in [-0.1, -0.05) is 17.7 Å². The minimum Gasteiger partial charge on any atom is -0.507 e. The first kappa shape index (κ1) is 34.0. The van der Waals surface area contributed by atoms with Crippen molar-refractivity contribution < 1.29 is 47.9 Å². The molecule has 1 aliphatic carbocycles. The molecule has 1 aliphatic heterocycles. The molecule has 1 saturated carbocycles. The number of aliphatic hydroxyl groups is 1. The van der Waals surface area contributed by atoms with Crippen LogP contribution in [0, 0.1) is 20.8 Å². The highest BCUT2D eigenvalue weighted by atomic mass is 16.6. The van der Waals surface area contributed by atoms with Gasteiger partial charge >= 0.3 is 11.9 Å². The van der Waals surface area contributed by atoms with E-state index in [0.717, 1.165) is 22.3 Å². The van der Waals surface area contributed by atoms with E-state index in [-0.39, 0.29) is 18.5 Å². The molecule has 10 nitrogen and oxygen atoms in total. The Morgan fingerprint density at radius 2 is 1.38 bits per heavy atom. The van der Waals surface area contributed by atoms with Crippen molar-refractivity contribution in [3.63, 3.8) is 0 Å². The van der Waals surface area contributed by atoms with E-state index in [1.54, 1.807) is 0 Å². The maximum atomic E-state index is 12.9. The Balaban J connectivity index is 1.22. The van der Waals surface area contributed by atoms with Gasteiger partial charge in [0.2, 0.25) is 0 Å². The van der Waals surface area contributed by atoms with Crippen LogP contribution in [0.25, 0.3) is 5.57 Å². The topological polar surface area (TPSA) is 119 Å². The molecule has 0 atom stereocenters. The zero-order valence-electron chi connectivity index (χ0n) is 26.0. The molecule has 0 unspecified atom stereocenters. The summed E-state index contributed by atoms with van der Waals surface area (Å²) in [6.45, 7) is 14.6. The predicted octanol–water partition coefficient (Wildman–Crippen LogP) is 4.54. The second-order valence-corrected chi connectivity index (χ2v) is 11.9. The number of aliphatic hydroxyl groups excluding tert-OH is 1. The van der Waals surface area contributed by atoms with Crippen LogP contribution in [0.1, 0.15) is 68.7 Å². The maximum absolute atomic E-state index is 12.9. The lowest BCUT2D eigenvalue weighted by atomic mass is 9.80. The molecule has 3 rings (SSSR count). The number of ether oxygens (including phenoxy) is 7. The van der Waals surface area contributed by atoms with Gasteiger partial charge in [-0.05, 0) is 83.9 Å². The van der Waals surface area contributed by atoms with Crippen molar-refractivity contribution in [3.8, 4) is 0 Å². The molecule has 1 aromatic rings. The largest absolute Gasteiger partial charge is 0.507 e. The third kappa shape index (κ3) is 10.1. The van der Waals surface area contributed by atoms with Crippen LogP contribution in [0.5, 0.6) is 0 Å². The van der Waals surface area contributed by atoms with Crippen molar-refractivity contribution in [2.45, 2.75) is 84.5 Å². The van der Waals surface area contributed by atoms with E-state index in [1.807, 2.05) is 53.7 Å². The normalized spacial score (nSPS) is 20.8. The summed E-state index contributed by atoms with van der Waals surface area (Å²) in [4.78, 5) is 24.4. The summed E-state index contributed by atoms with van der Waals surface area (Å²) >= 11 is 0. The fourth-order valence-electron chi connectivity index (χ4n) is 5.42. The van der Waals surface area contributed by atoms with Crippen molar-refractivity contribution in [2.24, 2.45) is 0 Å². The first-order valence-electron chi connectivity index (χ1n) is 14.8. The first-order chi connectivity index (χ1) is 19.9. The van der Waals surface area contributed by atoms with Gasteiger partial charge in [0, 0.05) is 0 Å². The van der Waals surface area contributed by atoms with Gasteiger partial charge in [0.1, 0.15) is 17.8 Å². The van der Waals surface area contributed by atoms with Crippen molar-refractivity contribution in [1.29, 1.82) is 0 Å². The number of aryl methyl sites for hydroxylation is 3. The van der Waals surface area contributed by atoms with Gasteiger partial charge in [-0.15, -0.1) is 0 Å². The van der Waals surface area contributed by atoms with Crippen LogP contribution in [0.4, 0.5) is 0 Å². The second-order valence-electron chi connectivity index (χ2n) is 11.9. The minimum absolute atomic E-state index is 0.0270. The molecule has 2 aliphatic rings. The third-order valence-electron chi connectivity index (χ3n) is 7.17. The second kappa shape index (κ2) is 15.8. The average molecular weight is 593 g/mol. The zero-order valence-corrected chi connectivity index (χ0v) is 26.0. The molecule has 1 heterocycles. The van der Waals surface area contributed by atoms with Crippen LogP contribution < -0.4 is 0 Å². The molecule has 1 spiro atoms. The highest BCUT2D eigenvalue weighted by Crippen LogP contribution is 2.46. The SMILES string of the molecule is Cc1cc(C)c(C2=C(O)C3(CCC(OCCOCCOCCOCCOCC(=O)OC(C)(C)C)CC3)OC2=O)c(C)c1. The lowest BCUT2D eigenvalue weighted by molar-refractivity contribution is -0.160. The molecular weight excluding hydrogens is 544 g/mol. The highest BCUT2D eigenvalue weighted by Gasteiger charge is 2.51. The van der Waals surface area contributed by atoms with Crippen LogP contribution in [-0.4, -0.2) is 93.8 Å². The summed E-state index contributed by atoms with van der Waals surface area (Å²) in [5.74, 6) is -0.787. The number of hydrogen-bond donors (Lipinski definition) is 1. The van der Waals surface area contributed by atoms with E-state index in [9.17, 15) is 14.7 Å². The molecule has 0 saturated heterocycles. The van der Waals surface area contributed by atoms with Gasteiger partial charge in [0.15, 0.2) is 11.4 Å². The number of carbonyl (C=O) groups excluding carboxylic acids is 2. The molecule has 0 amide bonds. The van der Waals surface area contributed by atoms with Crippen molar-refractivity contribution in [3.05, 3.63) is 40.1 Å². The molecule has 42 heavy (non-hydrogen) atoms. The molecule has 0 radical (unpaired) electrons. The molecule has 236 valence electrons. The molecule has 10 heteroatoms. The lowest BCUT2D eigenvalue weighted by Crippen LogP contribution is -2.39. The first-order valence-corrected chi connectivity index (χ1v) is 14.8. The molecule has 1 aromatic carbocycles. The van der Waals surface area contributed by atoms with Gasteiger partial charge in [0.05, 0.1) is 59.0 Å². The third-order valence-corrected chi connectivity index (χ3v) is 7.17. The van der Waals surface area contributed by atoms with Crippen molar-refractivity contribution >= 4 is 17.5 Å². The Bertz CT molecular complexity index is 1060. The van der Waals surface area contributed by atoms with E-state index >= 15 is 0 Å². The van der Waals surface area contributed by atoms with Gasteiger partial charge in [-0.2, -0.15) is 0 Å². The molecule has 0 aromatic heterocycles. The fourth-order valence-corrected chi connectivity index (χ4v) is 5.42. The number of rotatable bonds is 16. The van der Waals surface area contributed by atoms with Crippen LogP contribution in [-0.2, 0) is 42.7 Å². The summed E-state index contributed by atoms with van der Waals surface area (Å²) in [5, 5.41) is 11.2. The maximum Gasteiger partial charge on any atom is 0.343 e. The molecular formula is C32H48O10. The van der Waals surface area contributed by atoms with E-state index in [4.69, 9.17) is 33.2 Å². The smallest absolute Gasteiger partial charge is 0.343 e. The fraction of sp³-hybridized carbons (Fsp3) is 0.688.